The number of pyridine rings is 1. The molecule has 7 nitrogen and oxygen atoms in total. The molecule has 3 aromatic rings. The predicted octanol–water partition coefficient (Wildman–Crippen LogP) is 3.64. The Morgan fingerprint density at radius 2 is 1.70 bits per heavy atom. The van der Waals surface area contributed by atoms with Crippen LogP contribution in [0.15, 0.2) is 71.8 Å². The van der Waals surface area contributed by atoms with Crippen molar-refractivity contribution in [3.8, 4) is 11.5 Å². The summed E-state index contributed by atoms with van der Waals surface area (Å²) in [6.07, 6.45) is 1.44. The molecule has 3 rings (SSSR count). The number of rotatable bonds is 7. The first-order chi connectivity index (χ1) is 13.0. The normalized spacial score (nSPS) is 10.9. The zero-order chi connectivity index (χ0) is 19.3. The van der Waals surface area contributed by atoms with Gasteiger partial charge in [-0.15, -0.1) is 0 Å². The fourth-order valence-corrected chi connectivity index (χ4v) is 3.45. The van der Waals surface area contributed by atoms with Crippen molar-refractivity contribution in [2.24, 2.45) is 0 Å². The van der Waals surface area contributed by atoms with Gasteiger partial charge in [-0.25, -0.2) is 13.4 Å². The maximum Gasteiger partial charge on any atom is 0.261 e. The second kappa shape index (κ2) is 7.96. The van der Waals surface area contributed by atoms with Gasteiger partial charge in [-0.05, 0) is 36.4 Å². The summed E-state index contributed by atoms with van der Waals surface area (Å²) in [4.78, 5) is 4.43. The van der Waals surface area contributed by atoms with Crippen molar-refractivity contribution < 1.29 is 17.9 Å². The molecule has 2 aromatic carbocycles. The van der Waals surface area contributed by atoms with Gasteiger partial charge in [-0.1, -0.05) is 18.2 Å². The number of nitrogens with zero attached hydrogens (tertiary/aromatic N) is 1. The number of benzene rings is 2. The fourth-order valence-electron chi connectivity index (χ4n) is 2.38. The van der Waals surface area contributed by atoms with E-state index in [9.17, 15) is 8.42 Å². The summed E-state index contributed by atoms with van der Waals surface area (Å²) >= 11 is 0. The van der Waals surface area contributed by atoms with Gasteiger partial charge >= 0.3 is 0 Å². The Morgan fingerprint density at radius 3 is 2.33 bits per heavy atom. The fraction of sp³-hybridized carbons (Fsp3) is 0.105. The van der Waals surface area contributed by atoms with E-state index in [4.69, 9.17) is 9.47 Å². The van der Waals surface area contributed by atoms with Crippen LogP contribution in [0.5, 0.6) is 11.5 Å². The minimum Gasteiger partial charge on any atom is -0.497 e. The standard InChI is InChI=1S/C19H19N3O4S/c1-25-15-9-10-17(18(12-15)26-2)21-19-11-8-14(13-20-19)22-27(23,24)16-6-4-3-5-7-16/h3-13,22H,1-2H3,(H,20,21). The molecule has 0 aliphatic rings. The molecule has 0 bridgehead atoms. The molecule has 8 heteroatoms. The Kier molecular flexibility index (Phi) is 5.46. The topological polar surface area (TPSA) is 89.6 Å². The van der Waals surface area contributed by atoms with Crippen LogP contribution in [-0.4, -0.2) is 27.6 Å². The summed E-state index contributed by atoms with van der Waals surface area (Å²) in [6.45, 7) is 0. The van der Waals surface area contributed by atoms with Gasteiger partial charge in [0.25, 0.3) is 10.0 Å². The molecule has 0 amide bonds. The summed E-state index contributed by atoms with van der Waals surface area (Å²) in [5.74, 6) is 1.82. The van der Waals surface area contributed by atoms with Gasteiger partial charge in [0.05, 0.1) is 36.7 Å². The Labute approximate surface area is 158 Å². The van der Waals surface area contributed by atoms with Crippen LogP contribution in [0.4, 0.5) is 17.2 Å². The molecule has 27 heavy (non-hydrogen) atoms. The molecule has 0 saturated carbocycles. The molecule has 0 aliphatic heterocycles. The van der Waals surface area contributed by atoms with Crippen LogP contribution < -0.4 is 19.5 Å². The van der Waals surface area contributed by atoms with Crippen LogP contribution in [-0.2, 0) is 10.0 Å². The van der Waals surface area contributed by atoms with E-state index in [0.717, 1.165) is 0 Å². The number of sulfonamides is 1. The summed E-state index contributed by atoms with van der Waals surface area (Å²) in [5.41, 5.74) is 1.08. The van der Waals surface area contributed by atoms with Crippen LogP contribution >= 0.6 is 0 Å². The third kappa shape index (κ3) is 4.48. The average Bonchev–Trinajstić information content (AvgIpc) is 2.70. The molecular weight excluding hydrogens is 366 g/mol. The van der Waals surface area contributed by atoms with E-state index in [1.54, 1.807) is 56.7 Å². The minimum absolute atomic E-state index is 0.190. The number of methoxy groups -OCH3 is 2. The van der Waals surface area contributed by atoms with E-state index >= 15 is 0 Å². The highest BCUT2D eigenvalue weighted by Gasteiger charge is 2.13. The predicted molar refractivity (Wildman–Crippen MR) is 104 cm³/mol. The van der Waals surface area contributed by atoms with E-state index in [-0.39, 0.29) is 4.90 Å². The van der Waals surface area contributed by atoms with Crippen molar-refractivity contribution >= 4 is 27.2 Å². The van der Waals surface area contributed by atoms with Gasteiger partial charge in [0.1, 0.15) is 17.3 Å². The lowest BCUT2D eigenvalue weighted by Crippen LogP contribution is -2.13. The third-order valence-corrected chi connectivity index (χ3v) is 5.14. The number of anilines is 3. The molecule has 0 radical (unpaired) electrons. The van der Waals surface area contributed by atoms with Crippen LogP contribution in [0, 0.1) is 0 Å². The van der Waals surface area contributed by atoms with E-state index in [1.807, 2.05) is 6.07 Å². The maximum absolute atomic E-state index is 12.3. The first-order valence-electron chi connectivity index (χ1n) is 8.05. The second-order valence-electron chi connectivity index (χ2n) is 5.54. The summed E-state index contributed by atoms with van der Waals surface area (Å²) in [6, 6.07) is 16.8. The highest BCUT2D eigenvalue weighted by atomic mass is 32.2. The minimum atomic E-state index is -3.65. The van der Waals surface area contributed by atoms with Gasteiger partial charge in [0, 0.05) is 6.07 Å². The Bertz CT molecular complexity index is 1010. The van der Waals surface area contributed by atoms with Crippen molar-refractivity contribution in [2.45, 2.75) is 4.90 Å². The van der Waals surface area contributed by atoms with Crippen molar-refractivity contribution in [3.63, 3.8) is 0 Å². The highest BCUT2D eigenvalue weighted by molar-refractivity contribution is 7.92. The Morgan fingerprint density at radius 1 is 0.926 bits per heavy atom. The highest BCUT2D eigenvalue weighted by Crippen LogP contribution is 2.31. The third-order valence-electron chi connectivity index (χ3n) is 3.74. The van der Waals surface area contributed by atoms with E-state index in [0.29, 0.717) is 28.7 Å². The Hall–Kier alpha value is -3.26. The van der Waals surface area contributed by atoms with Crippen LogP contribution in [0.2, 0.25) is 0 Å². The second-order valence-corrected chi connectivity index (χ2v) is 7.22. The lowest BCUT2D eigenvalue weighted by Gasteiger charge is -2.12. The summed E-state index contributed by atoms with van der Waals surface area (Å²) in [5, 5.41) is 3.13. The monoisotopic (exact) mass is 385 g/mol. The first-order valence-corrected chi connectivity index (χ1v) is 9.53. The van der Waals surface area contributed by atoms with E-state index < -0.39 is 10.0 Å². The van der Waals surface area contributed by atoms with Crippen molar-refractivity contribution in [3.05, 3.63) is 66.9 Å². The number of nitrogens with one attached hydrogen (secondary N) is 2. The van der Waals surface area contributed by atoms with Crippen molar-refractivity contribution in [1.29, 1.82) is 0 Å². The maximum atomic E-state index is 12.3. The van der Waals surface area contributed by atoms with Crippen molar-refractivity contribution in [2.75, 3.05) is 24.3 Å². The zero-order valence-corrected chi connectivity index (χ0v) is 15.7. The van der Waals surface area contributed by atoms with E-state index in [1.165, 1.54) is 18.3 Å². The van der Waals surface area contributed by atoms with Crippen LogP contribution in [0.1, 0.15) is 0 Å². The smallest absolute Gasteiger partial charge is 0.261 e. The molecule has 0 fully saturated rings. The molecule has 1 heterocycles. The van der Waals surface area contributed by atoms with Crippen LogP contribution in [0.25, 0.3) is 0 Å². The first kappa shape index (κ1) is 18.5. The molecular formula is C19H19N3O4S. The molecule has 140 valence electrons. The molecule has 0 atom stereocenters. The average molecular weight is 385 g/mol. The quantitative estimate of drug-likeness (QED) is 0.645. The van der Waals surface area contributed by atoms with Gasteiger partial charge in [-0.2, -0.15) is 0 Å². The summed E-state index contributed by atoms with van der Waals surface area (Å²) < 4.78 is 37.7. The van der Waals surface area contributed by atoms with Gasteiger partial charge in [0.2, 0.25) is 0 Å². The molecule has 1 aromatic heterocycles. The van der Waals surface area contributed by atoms with Crippen LogP contribution in [0.3, 0.4) is 0 Å². The van der Waals surface area contributed by atoms with Crippen molar-refractivity contribution in [1.82, 2.24) is 4.98 Å². The molecule has 0 unspecified atom stereocenters. The molecule has 0 aliphatic carbocycles. The lowest BCUT2D eigenvalue weighted by atomic mass is 10.2. The molecule has 2 N–H and O–H groups in total. The van der Waals surface area contributed by atoms with Gasteiger partial charge in [-0.3, -0.25) is 4.72 Å². The summed E-state index contributed by atoms with van der Waals surface area (Å²) in [7, 11) is -0.501. The number of hydrogen-bond acceptors (Lipinski definition) is 6. The SMILES string of the molecule is COc1ccc(Nc2ccc(NS(=O)(=O)c3ccccc3)cn2)c(OC)c1. The number of aromatic nitrogens is 1. The number of ether oxygens (including phenoxy) is 2. The largest absolute Gasteiger partial charge is 0.497 e. The molecule has 0 spiro atoms. The number of hydrogen-bond donors (Lipinski definition) is 2. The molecule has 0 saturated heterocycles. The Balaban J connectivity index is 1.75. The lowest BCUT2D eigenvalue weighted by molar-refractivity contribution is 0.395. The zero-order valence-electron chi connectivity index (χ0n) is 14.8. The van der Waals surface area contributed by atoms with Gasteiger partial charge < -0.3 is 14.8 Å². The van der Waals surface area contributed by atoms with Gasteiger partial charge in [0.15, 0.2) is 0 Å². The van der Waals surface area contributed by atoms with E-state index in [2.05, 4.69) is 15.0 Å².